The number of nitrogens with zero attached hydrogens (tertiary/aromatic N) is 1. The summed E-state index contributed by atoms with van der Waals surface area (Å²) >= 11 is 0. The minimum atomic E-state index is -3.54. The maximum atomic E-state index is 12.6. The Balaban J connectivity index is 1.52. The number of hydrazine groups is 1. The van der Waals surface area contributed by atoms with Crippen LogP contribution in [0.25, 0.3) is 0 Å². The lowest BCUT2D eigenvalue weighted by molar-refractivity contribution is -0.121. The van der Waals surface area contributed by atoms with Gasteiger partial charge in [-0.05, 0) is 67.3 Å². The van der Waals surface area contributed by atoms with Gasteiger partial charge in [0.2, 0.25) is 15.9 Å². The van der Waals surface area contributed by atoms with Gasteiger partial charge in [-0.25, -0.2) is 8.42 Å². The van der Waals surface area contributed by atoms with Gasteiger partial charge in [-0.1, -0.05) is 0 Å². The van der Waals surface area contributed by atoms with E-state index in [1.165, 1.54) is 28.6 Å². The molecule has 3 rings (SSSR count). The van der Waals surface area contributed by atoms with Crippen LogP contribution in [0, 0.1) is 0 Å². The molecule has 0 spiro atoms. The first-order valence-electron chi connectivity index (χ1n) is 10.3. The van der Waals surface area contributed by atoms with E-state index in [1.807, 2.05) is 0 Å². The summed E-state index contributed by atoms with van der Waals surface area (Å²) in [7, 11) is -0.432. The van der Waals surface area contributed by atoms with Crippen LogP contribution in [0.5, 0.6) is 11.5 Å². The molecular formula is C22H27N3O6S. The molecule has 2 N–H and O–H groups in total. The van der Waals surface area contributed by atoms with Crippen LogP contribution in [-0.4, -0.2) is 51.8 Å². The Hall–Kier alpha value is -3.11. The Morgan fingerprint density at radius 1 is 0.969 bits per heavy atom. The fourth-order valence-electron chi connectivity index (χ4n) is 3.44. The van der Waals surface area contributed by atoms with Crippen molar-refractivity contribution < 1.29 is 27.5 Å². The van der Waals surface area contributed by atoms with Crippen LogP contribution in [0.15, 0.2) is 47.4 Å². The number of aryl methyl sites for hydroxylation is 1. The molecule has 0 unspecified atom stereocenters. The van der Waals surface area contributed by atoms with Crippen molar-refractivity contribution in [3.63, 3.8) is 0 Å². The van der Waals surface area contributed by atoms with Gasteiger partial charge in [-0.15, -0.1) is 0 Å². The zero-order valence-corrected chi connectivity index (χ0v) is 18.9. The molecule has 0 radical (unpaired) electrons. The number of hydrogen-bond acceptors (Lipinski definition) is 6. The molecule has 2 aromatic rings. The van der Waals surface area contributed by atoms with Crippen LogP contribution in [0.3, 0.4) is 0 Å². The van der Waals surface area contributed by atoms with Crippen LogP contribution >= 0.6 is 0 Å². The van der Waals surface area contributed by atoms with Crippen molar-refractivity contribution in [2.45, 2.75) is 30.6 Å². The molecule has 1 aliphatic heterocycles. The summed E-state index contributed by atoms with van der Waals surface area (Å²) in [4.78, 5) is 24.6. The summed E-state index contributed by atoms with van der Waals surface area (Å²) in [6, 6.07) is 11.0. The zero-order chi connectivity index (χ0) is 23.1. The number of carbonyl (C=O) groups excluding carboxylic acids is 2. The fourth-order valence-corrected chi connectivity index (χ4v) is 4.96. The summed E-state index contributed by atoms with van der Waals surface area (Å²) in [6.07, 6.45) is 2.22. The third-order valence-electron chi connectivity index (χ3n) is 5.24. The maximum Gasteiger partial charge on any atom is 0.269 e. The van der Waals surface area contributed by atoms with Crippen molar-refractivity contribution in [1.29, 1.82) is 0 Å². The molecule has 10 heteroatoms. The monoisotopic (exact) mass is 461 g/mol. The van der Waals surface area contributed by atoms with Gasteiger partial charge in [0.25, 0.3) is 5.91 Å². The van der Waals surface area contributed by atoms with Crippen molar-refractivity contribution in [2.75, 3.05) is 27.3 Å². The van der Waals surface area contributed by atoms with E-state index in [1.54, 1.807) is 32.4 Å². The van der Waals surface area contributed by atoms with Crippen molar-refractivity contribution in [3.05, 3.63) is 53.6 Å². The molecule has 0 aromatic heterocycles. The van der Waals surface area contributed by atoms with Crippen LogP contribution in [0.2, 0.25) is 0 Å². The first kappa shape index (κ1) is 23.6. The quantitative estimate of drug-likeness (QED) is 0.581. The Morgan fingerprint density at radius 2 is 1.66 bits per heavy atom. The Kier molecular flexibility index (Phi) is 7.70. The highest BCUT2D eigenvalue weighted by atomic mass is 32.2. The van der Waals surface area contributed by atoms with Crippen LogP contribution in [0.1, 0.15) is 35.2 Å². The summed E-state index contributed by atoms with van der Waals surface area (Å²) < 4.78 is 37.0. The Morgan fingerprint density at radius 3 is 2.28 bits per heavy atom. The van der Waals surface area contributed by atoms with E-state index in [2.05, 4.69) is 10.9 Å². The minimum absolute atomic E-state index is 0.122. The number of benzene rings is 2. The summed E-state index contributed by atoms with van der Waals surface area (Å²) in [6.45, 7) is 1.02. The molecule has 32 heavy (non-hydrogen) atoms. The predicted octanol–water partition coefficient (Wildman–Crippen LogP) is 1.88. The van der Waals surface area contributed by atoms with Crippen molar-refractivity contribution >= 4 is 21.8 Å². The van der Waals surface area contributed by atoms with Gasteiger partial charge in [0.05, 0.1) is 19.1 Å². The van der Waals surface area contributed by atoms with E-state index < -0.39 is 15.9 Å². The molecular weight excluding hydrogens is 434 g/mol. The number of sulfonamides is 1. The summed E-state index contributed by atoms with van der Waals surface area (Å²) in [5, 5.41) is 0. The van der Waals surface area contributed by atoms with Crippen molar-refractivity contribution in [2.24, 2.45) is 0 Å². The number of carbonyl (C=O) groups is 2. The van der Waals surface area contributed by atoms with Gasteiger partial charge < -0.3 is 9.47 Å². The molecule has 1 heterocycles. The van der Waals surface area contributed by atoms with Gasteiger partial charge >= 0.3 is 0 Å². The zero-order valence-electron chi connectivity index (χ0n) is 18.1. The molecule has 0 saturated carbocycles. The number of ether oxygens (including phenoxy) is 2. The van der Waals surface area contributed by atoms with Gasteiger partial charge in [-0.3, -0.25) is 20.4 Å². The lowest BCUT2D eigenvalue weighted by Crippen LogP contribution is -2.41. The molecule has 1 fully saturated rings. The SMILES string of the molecule is COc1ccc(OC)c(CCC(=O)NNC(=O)c2ccc(S(=O)(=O)N3CCCC3)cc2)c1. The smallest absolute Gasteiger partial charge is 0.269 e. The second kappa shape index (κ2) is 10.5. The molecule has 2 amide bonds. The molecule has 0 atom stereocenters. The number of rotatable bonds is 8. The van der Waals surface area contributed by atoms with E-state index in [4.69, 9.17) is 9.47 Å². The van der Waals surface area contributed by atoms with Crippen LogP contribution in [-0.2, 0) is 21.2 Å². The van der Waals surface area contributed by atoms with E-state index in [-0.39, 0.29) is 22.8 Å². The molecule has 0 bridgehead atoms. The first-order chi connectivity index (χ1) is 15.3. The Bertz CT molecular complexity index is 1060. The molecule has 0 aliphatic carbocycles. The normalized spacial score (nSPS) is 14.1. The predicted molar refractivity (Wildman–Crippen MR) is 118 cm³/mol. The highest BCUT2D eigenvalue weighted by molar-refractivity contribution is 7.89. The topological polar surface area (TPSA) is 114 Å². The van der Waals surface area contributed by atoms with E-state index >= 15 is 0 Å². The number of amides is 2. The largest absolute Gasteiger partial charge is 0.497 e. The number of hydrogen-bond donors (Lipinski definition) is 2. The third kappa shape index (κ3) is 5.57. The lowest BCUT2D eigenvalue weighted by atomic mass is 10.1. The highest BCUT2D eigenvalue weighted by Crippen LogP contribution is 2.25. The Labute approximate surface area is 187 Å². The second-order valence-electron chi connectivity index (χ2n) is 7.32. The van der Waals surface area contributed by atoms with Crippen LogP contribution in [0.4, 0.5) is 0 Å². The molecule has 9 nitrogen and oxygen atoms in total. The number of methoxy groups -OCH3 is 2. The lowest BCUT2D eigenvalue weighted by Gasteiger charge is -2.15. The van der Waals surface area contributed by atoms with Crippen molar-refractivity contribution in [3.8, 4) is 11.5 Å². The van der Waals surface area contributed by atoms with Gasteiger partial charge in [0, 0.05) is 25.1 Å². The highest BCUT2D eigenvalue weighted by Gasteiger charge is 2.27. The summed E-state index contributed by atoms with van der Waals surface area (Å²) in [5.74, 6) is 0.384. The molecule has 1 aliphatic rings. The van der Waals surface area contributed by atoms with Gasteiger partial charge in [-0.2, -0.15) is 4.31 Å². The molecule has 2 aromatic carbocycles. The number of nitrogens with one attached hydrogen (secondary N) is 2. The van der Waals surface area contributed by atoms with Gasteiger partial charge in [0.15, 0.2) is 0 Å². The van der Waals surface area contributed by atoms with Crippen molar-refractivity contribution in [1.82, 2.24) is 15.2 Å². The van der Waals surface area contributed by atoms with E-state index in [9.17, 15) is 18.0 Å². The fraction of sp³-hybridized carbons (Fsp3) is 0.364. The van der Waals surface area contributed by atoms with E-state index in [0.29, 0.717) is 31.0 Å². The standard InChI is InChI=1S/C22H27N3O6S/c1-30-18-8-11-20(31-2)17(15-18)7-12-21(26)23-24-22(27)16-5-9-19(10-6-16)32(28,29)25-13-3-4-14-25/h5-6,8-11,15H,3-4,7,12-14H2,1-2H3,(H,23,26)(H,24,27). The average molecular weight is 462 g/mol. The first-order valence-corrected chi connectivity index (χ1v) is 11.7. The van der Waals surface area contributed by atoms with Crippen LogP contribution < -0.4 is 20.3 Å². The maximum absolute atomic E-state index is 12.6. The van der Waals surface area contributed by atoms with Gasteiger partial charge in [0.1, 0.15) is 11.5 Å². The minimum Gasteiger partial charge on any atom is -0.497 e. The summed E-state index contributed by atoms with van der Waals surface area (Å²) in [5.41, 5.74) is 5.76. The second-order valence-corrected chi connectivity index (χ2v) is 9.25. The van der Waals surface area contributed by atoms with E-state index in [0.717, 1.165) is 18.4 Å². The molecule has 172 valence electrons. The third-order valence-corrected chi connectivity index (χ3v) is 7.16. The average Bonchev–Trinajstić information content (AvgIpc) is 3.37. The molecule has 1 saturated heterocycles.